The maximum atomic E-state index is 10.4. The molecule has 1 amide bonds. The van der Waals surface area contributed by atoms with Crippen LogP contribution in [0.4, 0.5) is 16.4 Å². The fourth-order valence-corrected chi connectivity index (χ4v) is 1.42. The first-order valence-electron chi connectivity index (χ1n) is 6.31. The lowest BCUT2D eigenvalue weighted by Gasteiger charge is -2.12. The fraction of sp³-hybridized carbons (Fsp3) is 0.583. The zero-order valence-electron chi connectivity index (χ0n) is 11.6. The van der Waals surface area contributed by atoms with Gasteiger partial charge in [-0.05, 0) is 6.92 Å². The van der Waals surface area contributed by atoms with Crippen LogP contribution in [0.25, 0.3) is 0 Å². The van der Waals surface area contributed by atoms with Crippen LogP contribution < -0.4 is 16.4 Å². The van der Waals surface area contributed by atoms with Crippen LogP contribution in [0, 0.1) is 0 Å². The van der Waals surface area contributed by atoms with E-state index in [1.54, 1.807) is 0 Å². The monoisotopic (exact) mass is 267 g/mol. The topological polar surface area (TPSA) is 102 Å². The van der Waals surface area contributed by atoms with Crippen molar-refractivity contribution in [3.63, 3.8) is 0 Å². The first kappa shape index (κ1) is 15.0. The number of carbonyl (C=O) groups is 1. The third-order valence-electron chi connectivity index (χ3n) is 2.27. The van der Waals surface area contributed by atoms with Gasteiger partial charge < -0.3 is 21.1 Å². The van der Waals surface area contributed by atoms with Gasteiger partial charge in [-0.2, -0.15) is 0 Å². The van der Waals surface area contributed by atoms with Crippen molar-refractivity contribution in [1.82, 2.24) is 9.97 Å². The SMILES string of the molecule is CCNc1cc(NCCOC(N)=O)nc(C(C)C)n1. The van der Waals surface area contributed by atoms with E-state index in [4.69, 9.17) is 5.73 Å². The van der Waals surface area contributed by atoms with E-state index >= 15 is 0 Å². The molecule has 0 unspecified atom stereocenters. The van der Waals surface area contributed by atoms with E-state index in [9.17, 15) is 4.79 Å². The molecule has 1 rings (SSSR count). The Morgan fingerprint density at radius 3 is 2.53 bits per heavy atom. The van der Waals surface area contributed by atoms with Gasteiger partial charge in [0.1, 0.15) is 24.1 Å². The van der Waals surface area contributed by atoms with Crippen molar-refractivity contribution >= 4 is 17.7 Å². The summed E-state index contributed by atoms with van der Waals surface area (Å²) in [5, 5.41) is 6.23. The van der Waals surface area contributed by atoms with Gasteiger partial charge in [0.15, 0.2) is 0 Å². The number of ether oxygens (including phenoxy) is 1. The van der Waals surface area contributed by atoms with Crippen LogP contribution in [0.3, 0.4) is 0 Å². The normalized spacial score (nSPS) is 10.3. The highest BCUT2D eigenvalue weighted by Gasteiger charge is 2.07. The standard InChI is InChI=1S/C12H21N5O2/c1-4-14-9-7-10(15-5-6-19-12(13)18)17-11(16-9)8(2)3/h7-8H,4-6H2,1-3H3,(H2,13,18)(H2,14,15,16,17). The van der Waals surface area contributed by atoms with Crippen LogP contribution in [-0.4, -0.2) is 35.8 Å². The van der Waals surface area contributed by atoms with Crippen molar-refractivity contribution in [3.8, 4) is 0 Å². The molecule has 0 radical (unpaired) electrons. The van der Waals surface area contributed by atoms with E-state index in [1.165, 1.54) is 0 Å². The summed E-state index contributed by atoms with van der Waals surface area (Å²) in [7, 11) is 0. The van der Waals surface area contributed by atoms with E-state index in [0.717, 1.165) is 18.2 Å². The Balaban J connectivity index is 2.67. The molecule has 1 heterocycles. The van der Waals surface area contributed by atoms with Crippen LogP contribution in [0.1, 0.15) is 32.5 Å². The summed E-state index contributed by atoms with van der Waals surface area (Å²) in [5.41, 5.74) is 4.87. The van der Waals surface area contributed by atoms with Crippen molar-refractivity contribution in [1.29, 1.82) is 0 Å². The van der Waals surface area contributed by atoms with Gasteiger partial charge in [-0.25, -0.2) is 14.8 Å². The highest BCUT2D eigenvalue weighted by atomic mass is 16.5. The van der Waals surface area contributed by atoms with E-state index < -0.39 is 6.09 Å². The zero-order chi connectivity index (χ0) is 14.3. The minimum absolute atomic E-state index is 0.201. The molecule has 1 aromatic rings. The van der Waals surface area contributed by atoms with Gasteiger partial charge in [-0.1, -0.05) is 13.8 Å². The molecule has 0 fully saturated rings. The first-order chi connectivity index (χ1) is 9.02. The summed E-state index contributed by atoms with van der Waals surface area (Å²) in [4.78, 5) is 19.2. The number of amides is 1. The molecular formula is C12H21N5O2. The Labute approximate surface area is 113 Å². The molecular weight excluding hydrogens is 246 g/mol. The summed E-state index contributed by atoms with van der Waals surface area (Å²) < 4.78 is 4.64. The fourth-order valence-electron chi connectivity index (χ4n) is 1.42. The van der Waals surface area contributed by atoms with Gasteiger partial charge in [0, 0.05) is 18.5 Å². The van der Waals surface area contributed by atoms with Crippen LogP contribution >= 0.6 is 0 Å². The van der Waals surface area contributed by atoms with Crippen LogP contribution in [0.2, 0.25) is 0 Å². The van der Waals surface area contributed by atoms with E-state index in [-0.39, 0.29) is 12.5 Å². The summed E-state index contributed by atoms with van der Waals surface area (Å²) in [6.07, 6.45) is -0.777. The van der Waals surface area contributed by atoms with Gasteiger partial charge in [-0.15, -0.1) is 0 Å². The first-order valence-corrected chi connectivity index (χ1v) is 6.31. The predicted octanol–water partition coefficient (Wildman–Crippen LogP) is 1.54. The number of nitrogens with one attached hydrogen (secondary N) is 2. The highest BCUT2D eigenvalue weighted by Crippen LogP contribution is 2.16. The lowest BCUT2D eigenvalue weighted by Crippen LogP contribution is -2.19. The molecule has 0 aliphatic carbocycles. The summed E-state index contributed by atoms with van der Waals surface area (Å²) in [6, 6.07) is 1.82. The second kappa shape index (κ2) is 7.40. The zero-order valence-corrected chi connectivity index (χ0v) is 11.6. The molecule has 0 bridgehead atoms. The average molecular weight is 267 g/mol. The lowest BCUT2D eigenvalue weighted by molar-refractivity contribution is 0.161. The maximum Gasteiger partial charge on any atom is 0.404 e. The van der Waals surface area contributed by atoms with Crippen molar-refractivity contribution in [2.24, 2.45) is 5.73 Å². The Bertz CT molecular complexity index is 423. The molecule has 0 saturated carbocycles. The molecule has 106 valence electrons. The molecule has 19 heavy (non-hydrogen) atoms. The maximum absolute atomic E-state index is 10.4. The predicted molar refractivity (Wildman–Crippen MR) is 74.3 cm³/mol. The number of aromatic nitrogens is 2. The molecule has 0 saturated heterocycles. The number of hydrogen-bond acceptors (Lipinski definition) is 6. The van der Waals surface area contributed by atoms with Gasteiger partial charge >= 0.3 is 6.09 Å². The minimum atomic E-state index is -0.777. The molecule has 0 aliphatic rings. The number of carbonyl (C=O) groups excluding carboxylic acids is 1. The van der Waals surface area contributed by atoms with Crippen molar-refractivity contribution < 1.29 is 9.53 Å². The van der Waals surface area contributed by atoms with E-state index in [1.807, 2.05) is 26.8 Å². The van der Waals surface area contributed by atoms with Crippen molar-refractivity contribution in [2.75, 3.05) is 30.3 Å². The Morgan fingerprint density at radius 2 is 2.00 bits per heavy atom. The second-order valence-electron chi connectivity index (χ2n) is 4.28. The van der Waals surface area contributed by atoms with Crippen LogP contribution in [0.5, 0.6) is 0 Å². The summed E-state index contributed by atoms with van der Waals surface area (Å²) >= 11 is 0. The van der Waals surface area contributed by atoms with Gasteiger partial charge in [0.05, 0.1) is 6.54 Å². The summed E-state index contributed by atoms with van der Waals surface area (Å²) in [6.45, 7) is 7.51. The summed E-state index contributed by atoms with van der Waals surface area (Å²) in [5.74, 6) is 2.47. The molecule has 7 nitrogen and oxygen atoms in total. The van der Waals surface area contributed by atoms with Crippen molar-refractivity contribution in [3.05, 3.63) is 11.9 Å². The van der Waals surface area contributed by atoms with Crippen molar-refractivity contribution in [2.45, 2.75) is 26.7 Å². The Hall–Kier alpha value is -2.05. The quantitative estimate of drug-likeness (QED) is 0.648. The third-order valence-corrected chi connectivity index (χ3v) is 2.27. The Kier molecular flexibility index (Phi) is 5.84. The van der Waals surface area contributed by atoms with Crippen LogP contribution in [-0.2, 0) is 4.74 Å². The van der Waals surface area contributed by atoms with E-state index in [2.05, 4.69) is 25.3 Å². The molecule has 0 aromatic carbocycles. The Morgan fingerprint density at radius 1 is 1.37 bits per heavy atom. The number of rotatable bonds is 7. The second-order valence-corrected chi connectivity index (χ2v) is 4.28. The lowest BCUT2D eigenvalue weighted by atomic mass is 10.2. The molecule has 0 atom stereocenters. The molecule has 0 aliphatic heterocycles. The van der Waals surface area contributed by atoms with E-state index in [0.29, 0.717) is 12.4 Å². The molecule has 4 N–H and O–H groups in total. The number of nitrogens with zero attached hydrogens (tertiary/aromatic N) is 2. The number of primary amides is 1. The van der Waals surface area contributed by atoms with Gasteiger partial charge in [0.2, 0.25) is 0 Å². The average Bonchev–Trinajstić information content (AvgIpc) is 2.34. The highest BCUT2D eigenvalue weighted by molar-refractivity contribution is 5.64. The third kappa shape index (κ3) is 5.41. The molecule has 1 aromatic heterocycles. The minimum Gasteiger partial charge on any atom is -0.448 e. The van der Waals surface area contributed by atoms with Crippen LogP contribution in [0.15, 0.2) is 6.07 Å². The van der Waals surface area contributed by atoms with Gasteiger partial charge in [0.25, 0.3) is 0 Å². The molecule has 7 heteroatoms. The number of anilines is 2. The number of hydrogen-bond donors (Lipinski definition) is 3. The van der Waals surface area contributed by atoms with Gasteiger partial charge in [-0.3, -0.25) is 0 Å². The smallest absolute Gasteiger partial charge is 0.404 e. The molecule has 0 spiro atoms. The number of nitrogens with two attached hydrogens (primary N) is 1. The largest absolute Gasteiger partial charge is 0.448 e.